The van der Waals surface area contributed by atoms with Gasteiger partial charge in [-0.25, -0.2) is 0 Å². The van der Waals surface area contributed by atoms with E-state index in [1.807, 2.05) is 24.3 Å². The Labute approximate surface area is 105 Å². The summed E-state index contributed by atoms with van der Waals surface area (Å²) in [6.45, 7) is 2.17. The first-order chi connectivity index (χ1) is 7.77. The zero-order valence-corrected chi connectivity index (χ0v) is 10.9. The summed E-state index contributed by atoms with van der Waals surface area (Å²) in [4.78, 5) is 0. The molecule has 0 aliphatic carbocycles. The zero-order valence-electron chi connectivity index (χ0n) is 9.32. The topological polar surface area (TPSA) is 32.3 Å². The lowest BCUT2D eigenvalue weighted by atomic mass is 9.91. The van der Waals surface area contributed by atoms with Gasteiger partial charge in [-0.1, -0.05) is 34.1 Å². The second-order valence-corrected chi connectivity index (χ2v) is 5.34. The van der Waals surface area contributed by atoms with Crippen molar-refractivity contribution in [2.75, 3.05) is 13.1 Å². The Morgan fingerprint density at radius 2 is 2.25 bits per heavy atom. The van der Waals surface area contributed by atoms with Crippen molar-refractivity contribution in [2.24, 2.45) is 5.92 Å². The maximum atomic E-state index is 10.2. The monoisotopic (exact) mass is 283 g/mol. The van der Waals surface area contributed by atoms with Crippen LogP contribution in [0, 0.1) is 5.92 Å². The van der Waals surface area contributed by atoms with Gasteiger partial charge in [0.25, 0.3) is 0 Å². The fraction of sp³-hybridized carbons (Fsp3) is 0.538. The highest BCUT2D eigenvalue weighted by molar-refractivity contribution is 9.10. The van der Waals surface area contributed by atoms with Gasteiger partial charge in [-0.15, -0.1) is 0 Å². The molecule has 0 saturated carbocycles. The lowest BCUT2D eigenvalue weighted by molar-refractivity contribution is 0.134. The highest BCUT2D eigenvalue weighted by Crippen LogP contribution is 2.29. The normalized spacial score (nSPS) is 23.0. The molecule has 0 bridgehead atoms. The van der Waals surface area contributed by atoms with Crippen LogP contribution in [0.2, 0.25) is 0 Å². The molecule has 2 N–H and O–H groups in total. The molecule has 0 aromatic heterocycles. The number of halogens is 1. The van der Waals surface area contributed by atoms with Crippen molar-refractivity contribution in [3.63, 3.8) is 0 Å². The zero-order chi connectivity index (χ0) is 11.4. The molecule has 1 saturated heterocycles. The summed E-state index contributed by atoms with van der Waals surface area (Å²) in [6, 6.07) is 7.92. The van der Waals surface area contributed by atoms with Crippen molar-refractivity contribution in [1.29, 1.82) is 0 Å². The molecule has 2 unspecified atom stereocenters. The van der Waals surface area contributed by atoms with Crippen molar-refractivity contribution in [1.82, 2.24) is 5.32 Å². The Bertz CT molecular complexity index is 336. The molecule has 0 spiro atoms. The Hall–Kier alpha value is -0.380. The van der Waals surface area contributed by atoms with Gasteiger partial charge in [-0.05, 0) is 49.9 Å². The molecule has 1 aromatic carbocycles. The van der Waals surface area contributed by atoms with Gasteiger partial charge in [-0.2, -0.15) is 0 Å². The smallest absolute Gasteiger partial charge is 0.0804 e. The molecule has 2 nitrogen and oxygen atoms in total. The average molecular weight is 284 g/mol. The largest absolute Gasteiger partial charge is 0.388 e. The summed E-state index contributed by atoms with van der Waals surface area (Å²) in [5, 5.41) is 13.6. The van der Waals surface area contributed by atoms with E-state index in [2.05, 4.69) is 21.2 Å². The summed E-state index contributed by atoms with van der Waals surface area (Å²) in [7, 11) is 0. The Morgan fingerprint density at radius 3 is 2.94 bits per heavy atom. The lowest BCUT2D eigenvalue weighted by Gasteiger charge is -2.25. The molecule has 1 aliphatic heterocycles. The molecule has 2 atom stereocenters. The summed E-state index contributed by atoms with van der Waals surface area (Å²) < 4.78 is 1.01. The van der Waals surface area contributed by atoms with Crippen LogP contribution in [0.4, 0.5) is 0 Å². The molecule has 1 aromatic rings. The first kappa shape index (κ1) is 12.1. The number of aliphatic hydroxyl groups is 1. The van der Waals surface area contributed by atoms with Gasteiger partial charge in [0.15, 0.2) is 0 Å². The lowest BCUT2D eigenvalue weighted by Crippen LogP contribution is -2.30. The average Bonchev–Trinajstić information content (AvgIpc) is 2.31. The molecule has 0 radical (unpaired) electrons. The minimum absolute atomic E-state index is 0.347. The predicted molar refractivity (Wildman–Crippen MR) is 69.3 cm³/mol. The molecular formula is C13H18BrNO. The van der Waals surface area contributed by atoms with Crippen LogP contribution in [-0.4, -0.2) is 18.2 Å². The molecular weight excluding hydrogens is 266 g/mol. The van der Waals surface area contributed by atoms with E-state index in [0.29, 0.717) is 5.92 Å². The van der Waals surface area contributed by atoms with E-state index in [0.717, 1.165) is 29.5 Å². The maximum Gasteiger partial charge on any atom is 0.0804 e. The number of nitrogens with one attached hydrogen (secondary N) is 1. The molecule has 16 heavy (non-hydrogen) atoms. The number of piperidine rings is 1. The van der Waals surface area contributed by atoms with Crippen molar-refractivity contribution < 1.29 is 5.11 Å². The minimum Gasteiger partial charge on any atom is -0.388 e. The Morgan fingerprint density at radius 1 is 1.44 bits per heavy atom. The Kier molecular flexibility index (Phi) is 4.38. The number of rotatable bonds is 3. The van der Waals surface area contributed by atoms with Crippen molar-refractivity contribution in [3.05, 3.63) is 34.3 Å². The quantitative estimate of drug-likeness (QED) is 0.894. The van der Waals surface area contributed by atoms with Crippen LogP contribution in [0.3, 0.4) is 0 Å². The van der Waals surface area contributed by atoms with E-state index >= 15 is 0 Å². The third-order valence-corrected chi connectivity index (χ3v) is 3.94. The molecule has 1 aliphatic rings. The minimum atomic E-state index is -0.347. The van der Waals surface area contributed by atoms with E-state index in [4.69, 9.17) is 0 Å². The summed E-state index contributed by atoms with van der Waals surface area (Å²) in [6.07, 6.45) is 2.97. The molecule has 0 amide bonds. The van der Waals surface area contributed by atoms with Crippen molar-refractivity contribution in [2.45, 2.75) is 25.4 Å². The first-order valence-corrected chi connectivity index (χ1v) is 6.70. The van der Waals surface area contributed by atoms with Crippen LogP contribution in [0.25, 0.3) is 0 Å². The first-order valence-electron chi connectivity index (χ1n) is 5.90. The maximum absolute atomic E-state index is 10.2. The molecule has 2 rings (SSSR count). The van der Waals surface area contributed by atoms with Gasteiger partial charge in [0.1, 0.15) is 0 Å². The van der Waals surface area contributed by atoms with Crippen LogP contribution in [0.5, 0.6) is 0 Å². The molecule has 1 heterocycles. The van der Waals surface area contributed by atoms with Gasteiger partial charge in [0.05, 0.1) is 6.10 Å². The van der Waals surface area contributed by atoms with Crippen LogP contribution >= 0.6 is 15.9 Å². The fourth-order valence-electron chi connectivity index (χ4n) is 2.31. The van der Waals surface area contributed by atoms with Crippen molar-refractivity contribution >= 4 is 15.9 Å². The standard InChI is InChI=1S/C13H18BrNO/c14-12-6-2-1-5-11(12)13(16)8-10-4-3-7-15-9-10/h1-2,5-6,10,13,15-16H,3-4,7-9H2. The predicted octanol–water partition coefficient (Wildman–Crippen LogP) is 2.87. The fourth-order valence-corrected chi connectivity index (χ4v) is 2.86. The Balaban J connectivity index is 1.96. The second-order valence-electron chi connectivity index (χ2n) is 4.49. The number of benzene rings is 1. The van der Waals surface area contributed by atoms with Crippen LogP contribution in [0.1, 0.15) is 30.9 Å². The van der Waals surface area contributed by atoms with E-state index in [-0.39, 0.29) is 6.10 Å². The number of aliphatic hydroxyl groups excluding tert-OH is 1. The third kappa shape index (κ3) is 3.06. The van der Waals surface area contributed by atoms with Gasteiger partial charge in [0.2, 0.25) is 0 Å². The number of hydrogen-bond donors (Lipinski definition) is 2. The summed E-state index contributed by atoms with van der Waals surface area (Å²) >= 11 is 3.49. The molecule has 88 valence electrons. The van der Waals surface area contributed by atoms with E-state index in [1.54, 1.807) is 0 Å². The van der Waals surface area contributed by atoms with Crippen LogP contribution in [-0.2, 0) is 0 Å². The van der Waals surface area contributed by atoms with Crippen LogP contribution < -0.4 is 5.32 Å². The van der Waals surface area contributed by atoms with Gasteiger partial charge < -0.3 is 10.4 Å². The summed E-state index contributed by atoms with van der Waals surface area (Å²) in [5.41, 5.74) is 1.01. The van der Waals surface area contributed by atoms with E-state index < -0.39 is 0 Å². The molecule has 1 fully saturated rings. The highest BCUT2D eigenvalue weighted by atomic mass is 79.9. The highest BCUT2D eigenvalue weighted by Gasteiger charge is 2.19. The van der Waals surface area contributed by atoms with Crippen LogP contribution in [0.15, 0.2) is 28.7 Å². The van der Waals surface area contributed by atoms with Gasteiger partial charge >= 0.3 is 0 Å². The number of hydrogen-bond acceptors (Lipinski definition) is 2. The summed E-state index contributed by atoms with van der Waals surface area (Å²) in [5.74, 6) is 0.607. The second kappa shape index (κ2) is 5.80. The SMILES string of the molecule is OC(CC1CCCNC1)c1ccccc1Br. The van der Waals surface area contributed by atoms with Gasteiger partial charge in [0, 0.05) is 4.47 Å². The molecule has 3 heteroatoms. The van der Waals surface area contributed by atoms with Crippen molar-refractivity contribution in [3.8, 4) is 0 Å². The van der Waals surface area contributed by atoms with E-state index in [1.165, 1.54) is 12.8 Å². The van der Waals surface area contributed by atoms with E-state index in [9.17, 15) is 5.11 Å². The third-order valence-electron chi connectivity index (χ3n) is 3.22. The van der Waals surface area contributed by atoms with Gasteiger partial charge in [-0.3, -0.25) is 0 Å².